The highest BCUT2D eigenvalue weighted by Crippen LogP contribution is 2.32. The molecule has 0 amide bonds. The van der Waals surface area contributed by atoms with Crippen LogP contribution in [-0.4, -0.2) is 35.3 Å². The molecule has 2 aliphatic heterocycles. The van der Waals surface area contributed by atoms with Gasteiger partial charge in [-0.3, -0.25) is 0 Å². The largest absolute Gasteiger partial charge is 0.451 e. The van der Waals surface area contributed by atoms with Gasteiger partial charge in [0.05, 0.1) is 12.2 Å². The van der Waals surface area contributed by atoms with Crippen molar-refractivity contribution in [2.75, 3.05) is 23.4 Å². The Labute approximate surface area is 113 Å². The number of alkyl halides is 3. The number of aromatic nitrogens is 2. The Balaban J connectivity index is 1.92. The number of fused-ring (bicyclic) bond motifs is 2. The number of hydrogen-bond donors (Lipinski definition) is 2. The minimum Gasteiger partial charge on any atom is -0.371 e. The molecule has 2 saturated heterocycles. The molecule has 2 atom stereocenters. The third-order valence-electron chi connectivity index (χ3n) is 3.48. The number of hydrazine groups is 1. The molecule has 0 radical (unpaired) electrons. The maximum atomic E-state index is 12.8. The zero-order chi connectivity index (χ0) is 14.3. The first-order valence-electron chi connectivity index (χ1n) is 6.29. The zero-order valence-electron chi connectivity index (χ0n) is 10.5. The minimum absolute atomic E-state index is 0.0545. The Bertz CT molecular complexity index is 497. The van der Waals surface area contributed by atoms with Gasteiger partial charge in [-0.05, 0) is 12.8 Å². The summed E-state index contributed by atoms with van der Waals surface area (Å²) in [5.74, 6) is 4.15. The second-order valence-corrected chi connectivity index (χ2v) is 4.94. The van der Waals surface area contributed by atoms with E-state index >= 15 is 0 Å². The van der Waals surface area contributed by atoms with E-state index in [-0.39, 0.29) is 23.8 Å². The first-order valence-corrected chi connectivity index (χ1v) is 6.29. The Hall–Kier alpha value is -1.61. The van der Waals surface area contributed by atoms with Gasteiger partial charge in [-0.2, -0.15) is 13.2 Å². The molecule has 2 fully saturated rings. The van der Waals surface area contributed by atoms with Crippen LogP contribution in [-0.2, 0) is 10.9 Å². The lowest BCUT2D eigenvalue weighted by atomic mass is 10.2. The Morgan fingerprint density at radius 2 is 1.90 bits per heavy atom. The monoisotopic (exact) mass is 289 g/mol. The summed E-state index contributed by atoms with van der Waals surface area (Å²) in [6, 6.07) is 1.42. The summed E-state index contributed by atoms with van der Waals surface area (Å²) in [6.45, 7) is 1.07. The van der Waals surface area contributed by atoms with Crippen LogP contribution in [0.5, 0.6) is 0 Å². The summed E-state index contributed by atoms with van der Waals surface area (Å²) >= 11 is 0. The van der Waals surface area contributed by atoms with Gasteiger partial charge in [-0.1, -0.05) is 0 Å². The SMILES string of the molecule is NNc1cc(N2CC3CCC(C2)O3)nc(C(F)(F)F)n1. The Kier molecular flexibility index (Phi) is 3.17. The fourth-order valence-electron chi connectivity index (χ4n) is 2.60. The molecular formula is C11H14F3N5O. The summed E-state index contributed by atoms with van der Waals surface area (Å²) in [4.78, 5) is 8.75. The van der Waals surface area contributed by atoms with Gasteiger partial charge in [0.1, 0.15) is 11.6 Å². The molecule has 9 heteroatoms. The van der Waals surface area contributed by atoms with Gasteiger partial charge in [0.25, 0.3) is 0 Å². The van der Waals surface area contributed by atoms with Crippen LogP contribution in [0, 0.1) is 0 Å². The van der Waals surface area contributed by atoms with E-state index in [2.05, 4.69) is 15.4 Å². The van der Waals surface area contributed by atoms with Crippen LogP contribution in [0.4, 0.5) is 24.8 Å². The van der Waals surface area contributed by atoms with Crippen LogP contribution in [0.15, 0.2) is 6.07 Å². The molecule has 0 aliphatic carbocycles. The molecule has 6 nitrogen and oxygen atoms in total. The van der Waals surface area contributed by atoms with Crippen molar-refractivity contribution in [1.82, 2.24) is 9.97 Å². The zero-order valence-corrected chi connectivity index (χ0v) is 10.5. The first kappa shape index (κ1) is 13.4. The van der Waals surface area contributed by atoms with E-state index in [1.807, 2.05) is 0 Å². The molecule has 2 bridgehead atoms. The highest BCUT2D eigenvalue weighted by Gasteiger charge is 2.38. The summed E-state index contributed by atoms with van der Waals surface area (Å²) in [5.41, 5.74) is 2.15. The van der Waals surface area contributed by atoms with Gasteiger partial charge in [0.2, 0.25) is 5.82 Å². The van der Waals surface area contributed by atoms with Crippen LogP contribution in [0.3, 0.4) is 0 Å². The lowest BCUT2D eigenvalue weighted by Gasteiger charge is -2.33. The van der Waals surface area contributed by atoms with Gasteiger partial charge in [0.15, 0.2) is 0 Å². The molecule has 110 valence electrons. The summed E-state index contributed by atoms with van der Waals surface area (Å²) in [7, 11) is 0. The predicted octanol–water partition coefficient (Wildman–Crippen LogP) is 1.15. The molecule has 20 heavy (non-hydrogen) atoms. The van der Waals surface area contributed by atoms with Crippen molar-refractivity contribution in [3.63, 3.8) is 0 Å². The molecule has 1 aromatic rings. The first-order chi connectivity index (χ1) is 9.45. The number of nitrogens with two attached hydrogens (primary N) is 1. The van der Waals surface area contributed by atoms with Crippen molar-refractivity contribution in [2.45, 2.75) is 31.2 Å². The lowest BCUT2D eigenvalue weighted by Crippen LogP contribution is -2.43. The average molecular weight is 289 g/mol. The molecular weight excluding hydrogens is 275 g/mol. The summed E-state index contributed by atoms with van der Waals surface area (Å²) < 4.78 is 44.0. The third-order valence-corrected chi connectivity index (χ3v) is 3.48. The van der Waals surface area contributed by atoms with E-state index in [4.69, 9.17) is 10.6 Å². The number of nitrogens with zero attached hydrogens (tertiary/aromatic N) is 3. The Morgan fingerprint density at radius 1 is 1.25 bits per heavy atom. The maximum absolute atomic E-state index is 12.8. The summed E-state index contributed by atoms with van der Waals surface area (Å²) in [6.07, 6.45) is -2.62. The third kappa shape index (κ3) is 2.50. The van der Waals surface area contributed by atoms with E-state index in [1.165, 1.54) is 6.07 Å². The predicted molar refractivity (Wildman–Crippen MR) is 65.0 cm³/mol. The van der Waals surface area contributed by atoms with Crippen molar-refractivity contribution >= 4 is 11.6 Å². The molecule has 3 N–H and O–H groups in total. The number of morpholine rings is 1. The number of ether oxygens (including phenoxy) is 1. The second-order valence-electron chi connectivity index (χ2n) is 4.94. The molecule has 2 aliphatic rings. The van der Waals surface area contributed by atoms with Crippen molar-refractivity contribution < 1.29 is 17.9 Å². The smallest absolute Gasteiger partial charge is 0.371 e. The van der Waals surface area contributed by atoms with Crippen LogP contribution in [0.2, 0.25) is 0 Å². The Morgan fingerprint density at radius 3 is 2.45 bits per heavy atom. The number of hydrogen-bond acceptors (Lipinski definition) is 6. The molecule has 3 heterocycles. The van der Waals surface area contributed by atoms with Gasteiger partial charge in [-0.15, -0.1) is 0 Å². The molecule has 2 unspecified atom stereocenters. The van der Waals surface area contributed by atoms with Crippen molar-refractivity contribution in [1.29, 1.82) is 0 Å². The van der Waals surface area contributed by atoms with E-state index in [1.54, 1.807) is 4.90 Å². The molecule has 0 saturated carbocycles. The van der Waals surface area contributed by atoms with Gasteiger partial charge >= 0.3 is 6.18 Å². The van der Waals surface area contributed by atoms with Crippen molar-refractivity contribution in [3.8, 4) is 0 Å². The molecule has 3 rings (SSSR count). The topological polar surface area (TPSA) is 76.3 Å². The average Bonchev–Trinajstić information content (AvgIpc) is 2.76. The minimum atomic E-state index is -4.60. The molecule has 1 aromatic heterocycles. The van der Waals surface area contributed by atoms with E-state index in [0.717, 1.165) is 12.8 Å². The quantitative estimate of drug-likeness (QED) is 0.628. The standard InChI is InChI=1S/C11H14F3N5O/c12-11(13,14)10-16-8(18-15)3-9(17-10)19-4-6-1-2-7(5-19)20-6/h3,6-7H,1-2,4-5,15H2,(H,16,17,18). The second kappa shape index (κ2) is 4.74. The van der Waals surface area contributed by atoms with E-state index < -0.39 is 12.0 Å². The van der Waals surface area contributed by atoms with Crippen LogP contribution < -0.4 is 16.2 Å². The van der Waals surface area contributed by atoms with Crippen molar-refractivity contribution in [2.24, 2.45) is 5.84 Å². The fourth-order valence-corrected chi connectivity index (χ4v) is 2.60. The van der Waals surface area contributed by atoms with Gasteiger partial charge in [0, 0.05) is 19.2 Å². The highest BCUT2D eigenvalue weighted by molar-refractivity contribution is 5.49. The molecule has 0 spiro atoms. The fraction of sp³-hybridized carbons (Fsp3) is 0.636. The number of nitrogen functional groups attached to an aromatic ring is 1. The van der Waals surface area contributed by atoms with Crippen LogP contribution in [0.1, 0.15) is 18.7 Å². The van der Waals surface area contributed by atoms with Crippen LogP contribution in [0.25, 0.3) is 0 Å². The van der Waals surface area contributed by atoms with E-state index in [9.17, 15) is 13.2 Å². The number of halogens is 3. The maximum Gasteiger partial charge on any atom is 0.451 e. The normalized spacial score (nSPS) is 25.9. The summed E-state index contributed by atoms with van der Waals surface area (Å²) in [5, 5.41) is 0. The van der Waals surface area contributed by atoms with Crippen LogP contribution >= 0.6 is 0 Å². The number of rotatable bonds is 2. The van der Waals surface area contributed by atoms with E-state index in [0.29, 0.717) is 13.1 Å². The lowest BCUT2D eigenvalue weighted by molar-refractivity contribution is -0.144. The molecule has 0 aromatic carbocycles. The van der Waals surface area contributed by atoms with Crippen molar-refractivity contribution in [3.05, 3.63) is 11.9 Å². The van der Waals surface area contributed by atoms with Gasteiger partial charge < -0.3 is 15.1 Å². The number of anilines is 2. The van der Waals surface area contributed by atoms with Gasteiger partial charge in [-0.25, -0.2) is 15.8 Å². The number of nitrogens with one attached hydrogen (secondary N) is 1. The highest BCUT2D eigenvalue weighted by atomic mass is 19.4.